The number of thiazole rings is 1. The molecule has 5 nitrogen and oxygen atoms in total. The quantitative estimate of drug-likeness (QED) is 0.760. The molecule has 0 radical (unpaired) electrons. The van der Waals surface area contributed by atoms with Crippen molar-refractivity contribution in [3.05, 3.63) is 34.3 Å². The first-order valence-electron chi connectivity index (χ1n) is 5.51. The predicted molar refractivity (Wildman–Crippen MR) is 78.8 cm³/mol. The van der Waals surface area contributed by atoms with Crippen LogP contribution < -0.4 is 11.1 Å². The number of nitrogens with one attached hydrogen (secondary N) is 1. The van der Waals surface area contributed by atoms with Crippen molar-refractivity contribution >= 4 is 49.6 Å². The fourth-order valence-corrected chi connectivity index (χ4v) is 3.33. The predicted octanol–water partition coefficient (Wildman–Crippen LogP) is 2.90. The smallest absolute Gasteiger partial charge is 0.269 e. The van der Waals surface area contributed by atoms with Gasteiger partial charge in [0.25, 0.3) is 5.91 Å². The molecule has 0 aliphatic carbocycles. The lowest BCUT2D eigenvalue weighted by atomic mass is 10.2. The van der Waals surface area contributed by atoms with Crippen molar-refractivity contribution < 1.29 is 4.79 Å². The molecule has 0 aliphatic rings. The van der Waals surface area contributed by atoms with E-state index in [-0.39, 0.29) is 5.91 Å². The van der Waals surface area contributed by atoms with Gasteiger partial charge in [0.1, 0.15) is 9.71 Å². The first kappa shape index (κ1) is 12.1. The van der Waals surface area contributed by atoms with Gasteiger partial charge in [-0.3, -0.25) is 10.1 Å². The second-order valence-electron chi connectivity index (χ2n) is 3.95. The molecule has 0 atom stereocenters. The number of nitrogens with two attached hydrogens (primary N) is 1. The Kier molecular flexibility index (Phi) is 2.92. The Balaban J connectivity index is 1.95. The number of nitrogens with zero attached hydrogens (tertiary/aromatic N) is 2. The molecule has 3 rings (SSSR count). The Hall–Kier alpha value is -1.99. The standard InChI is InChI=1S/C12H10N4OS2/c1-6-5-18-12(15-6)16-10(17)9-8(13)7-3-2-4-14-11(7)19-9/h2-5H,13H2,1H3,(H,15,16,17). The van der Waals surface area contributed by atoms with Crippen molar-refractivity contribution in [2.75, 3.05) is 11.1 Å². The minimum absolute atomic E-state index is 0.241. The number of amides is 1. The van der Waals surface area contributed by atoms with E-state index in [0.717, 1.165) is 15.9 Å². The van der Waals surface area contributed by atoms with E-state index in [1.165, 1.54) is 22.7 Å². The van der Waals surface area contributed by atoms with Crippen molar-refractivity contribution in [2.45, 2.75) is 6.92 Å². The highest BCUT2D eigenvalue weighted by molar-refractivity contribution is 7.21. The van der Waals surface area contributed by atoms with Gasteiger partial charge in [-0.05, 0) is 19.1 Å². The molecule has 0 aliphatic heterocycles. The largest absolute Gasteiger partial charge is 0.397 e. The van der Waals surface area contributed by atoms with Crippen LogP contribution >= 0.6 is 22.7 Å². The van der Waals surface area contributed by atoms with Gasteiger partial charge in [-0.1, -0.05) is 0 Å². The molecule has 0 unspecified atom stereocenters. The SMILES string of the molecule is Cc1csc(NC(=O)c2sc3ncccc3c2N)n1. The topological polar surface area (TPSA) is 80.9 Å². The number of aryl methyl sites for hydroxylation is 1. The van der Waals surface area contributed by atoms with Crippen LogP contribution in [0.4, 0.5) is 10.8 Å². The monoisotopic (exact) mass is 290 g/mol. The number of fused-ring (bicyclic) bond motifs is 1. The van der Waals surface area contributed by atoms with Crippen LogP contribution in [0.5, 0.6) is 0 Å². The molecule has 3 aromatic rings. The van der Waals surface area contributed by atoms with Crippen molar-refractivity contribution in [3.63, 3.8) is 0 Å². The number of aromatic nitrogens is 2. The zero-order valence-corrected chi connectivity index (χ0v) is 11.6. The van der Waals surface area contributed by atoms with Crippen LogP contribution in [0.1, 0.15) is 15.4 Å². The fraction of sp³-hybridized carbons (Fsp3) is 0.0833. The number of anilines is 2. The van der Waals surface area contributed by atoms with Gasteiger partial charge in [0.05, 0.1) is 11.4 Å². The van der Waals surface area contributed by atoms with Crippen molar-refractivity contribution in [1.29, 1.82) is 0 Å². The molecule has 0 bridgehead atoms. The van der Waals surface area contributed by atoms with E-state index in [2.05, 4.69) is 15.3 Å². The lowest BCUT2D eigenvalue weighted by Crippen LogP contribution is -2.11. The van der Waals surface area contributed by atoms with Crippen LogP contribution in [-0.2, 0) is 0 Å². The molecule has 3 aromatic heterocycles. The number of rotatable bonds is 2. The number of carbonyl (C=O) groups excluding carboxylic acids is 1. The Morgan fingerprint density at radius 3 is 3.00 bits per heavy atom. The van der Waals surface area contributed by atoms with Gasteiger partial charge in [-0.2, -0.15) is 0 Å². The number of carbonyl (C=O) groups is 1. The molecule has 0 spiro atoms. The molecule has 3 heterocycles. The number of hydrogen-bond acceptors (Lipinski definition) is 6. The van der Waals surface area contributed by atoms with Crippen molar-refractivity contribution in [2.24, 2.45) is 0 Å². The minimum Gasteiger partial charge on any atom is -0.397 e. The molecule has 3 N–H and O–H groups in total. The molecule has 0 saturated carbocycles. The highest BCUT2D eigenvalue weighted by atomic mass is 32.1. The first-order chi connectivity index (χ1) is 9.15. The third kappa shape index (κ3) is 2.18. The molecule has 19 heavy (non-hydrogen) atoms. The van der Waals surface area contributed by atoms with Crippen LogP contribution in [0.2, 0.25) is 0 Å². The minimum atomic E-state index is -0.241. The molecular weight excluding hydrogens is 280 g/mol. The van der Waals surface area contributed by atoms with E-state index in [1.54, 1.807) is 12.3 Å². The maximum atomic E-state index is 12.2. The highest BCUT2D eigenvalue weighted by Gasteiger charge is 2.17. The van der Waals surface area contributed by atoms with Gasteiger partial charge in [-0.25, -0.2) is 9.97 Å². The van der Waals surface area contributed by atoms with E-state index in [4.69, 9.17) is 5.73 Å². The molecule has 7 heteroatoms. The van der Waals surface area contributed by atoms with Gasteiger partial charge in [0, 0.05) is 17.0 Å². The average Bonchev–Trinajstić information content (AvgIpc) is 2.94. The van der Waals surface area contributed by atoms with Gasteiger partial charge in [-0.15, -0.1) is 22.7 Å². The molecule has 0 saturated heterocycles. The number of nitrogen functional groups attached to an aromatic ring is 1. The summed E-state index contributed by atoms with van der Waals surface area (Å²) in [4.78, 5) is 21.8. The van der Waals surface area contributed by atoms with Crippen LogP contribution in [0.3, 0.4) is 0 Å². The Labute approximate surface area is 117 Å². The molecule has 96 valence electrons. The zero-order chi connectivity index (χ0) is 13.4. The van der Waals surface area contributed by atoms with E-state index in [0.29, 0.717) is 15.7 Å². The molecule has 0 fully saturated rings. The van der Waals surface area contributed by atoms with E-state index in [1.807, 2.05) is 18.4 Å². The van der Waals surface area contributed by atoms with Gasteiger partial charge < -0.3 is 5.73 Å². The Morgan fingerprint density at radius 1 is 1.47 bits per heavy atom. The van der Waals surface area contributed by atoms with Crippen LogP contribution in [0.15, 0.2) is 23.7 Å². The number of pyridine rings is 1. The Bertz CT molecular complexity index is 762. The highest BCUT2D eigenvalue weighted by Crippen LogP contribution is 2.32. The second kappa shape index (κ2) is 4.60. The number of hydrogen-bond donors (Lipinski definition) is 2. The van der Waals surface area contributed by atoms with Crippen LogP contribution in [-0.4, -0.2) is 15.9 Å². The van der Waals surface area contributed by atoms with Crippen molar-refractivity contribution in [3.8, 4) is 0 Å². The summed E-state index contributed by atoms with van der Waals surface area (Å²) in [7, 11) is 0. The summed E-state index contributed by atoms with van der Waals surface area (Å²) in [5.41, 5.74) is 7.34. The fourth-order valence-electron chi connectivity index (χ4n) is 1.69. The summed E-state index contributed by atoms with van der Waals surface area (Å²) in [5.74, 6) is -0.241. The van der Waals surface area contributed by atoms with E-state index >= 15 is 0 Å². The normalized spacial score (nSPS) is 10.8. The molecule has 1 amide bonds. The van der Waals surface area contributed by atoms with Crippen LogP contribution in [0.25, 0.3) is 10.2 Å². The third-order valence-electron chi connectivity index (χ3n) is 2.55. The van der Waals surface area contributed by atoms with Gasteiger partial charge in [0.2, 0.25) is 0 Å². The third-order valence-corrected chi connectivity index (χ3v) is 4.55. The lowest BCUT2D eigenvalue weighted by molar-refractivity contribution is 0.103. The van der Waals surface area contributed by atoms with Gasteiger partial charge >= 0.3 is 0 Å². The average molecular weight is 290 g/mol. The summed E-state index contributed by atoms with van der Waals surface area (Å²) in [6, 6.07) is 3.66. The lowest BCUT2D eigenvalue weighted by Gasteiger charge is -1.99. The second-order valence-corrected chi connectivity index (χ2v) is 5.81. The summed E-state index contributed by atoms with van der Waals surface area (Å²) in [5, 5.41) is 6.02. The maximum absolute atomic E-state index is 12.2. The number of thiophene rings is 1. The van der Waals surface area contributed by atoms with E-state index in [9.17, 15) is 4.79 Å². The summed E-state index contributed by atoms with van der Waals surface area (Å²) in [6.45, 7) is 1.88. The zero-order valence-electron chi connectivity index (χ0n) is 10.0. The summed E-state index contributed by atoms with van der Waals surface area (Å²) >= 11 is 2.68. The van der Waals surface area contributed by atoms with E-state index < -0.39 is 0 Å². The summed E-state index contributed by atoms with van der Waals surface area (Å²) < 4.78 is 0. The summed E-state index contributed by atoms with van der Waals surface area (Å²) in [6.07, 6.45) is 1.68. The van der Waals surface area contributed by atoms with Crippen molar-refractivity contribution in [1.82, 2.24) is 9.97 Å². The first-order valence-corrected chi connectivity index (χ1v) is 7.21. The van der Waals surface area contributed by atoms with Gasteiger partial charge in [0.15, 0.2) is 5.13 Å². The molecule has 0 aromatic carbocycles. The Morgan fingerprint density at radius 2 is 2.32 bits per heavy atom. The maximum Gasteiger partial charge on any atom is 0.269 e. The van der Waals surface area contributed by atoms with Crippen LogP contribution in [0, 0.1) is 6.92 Å². The molecular formula is C12H10N4OS2.